The molecule has 0 saturated heterocycles. The second-order valence-corrected chi connectivity index (χ2v) is 5.36. The lowest BCUT2D eigenvalue weighted by molar-refractivity contribution is -0.120. The number of amides is 2. The largest absolute Gasteiger partial charge is 0.444 e. The molecule has 100 valence electrons. The van der Waals surface area contributed by atoms with Gasteiger partial charge in [0.25, 0.3) is 0 Å². The Morgan fingerprint density at radius 2 is 1.76 bits per heavy atom. The Morgan fingerprint density at radius 1 is 1.18 bits per heavy atom. The van der Waals surface area contributed by atoms with E-state index in [2.05, 4.69) is 26.6 Å². The number of rotatable bonds is 6. The average Bonchev–Trinajstić information content (AvgIpc) is 2.14. The monoisotopic (exact) mass is 308 g/mol. The van der Waals surface area contributed by atoms with Crippen LogP contribution in [-0.4, -0.2) is 36.0 Å². The van der Waals surface area contributed by atoms with E-state index in [9.17, 15) is 9.59 Å². The molecule has 17 heavy (non-hydrogen) atoms. The number of ether oxygens (including phenoxy) is 1. The molecule has 0 fully saturated rings. The van der Waals surface area contributed by atoms with Gasteiger partial charge in [-0.3, -0.25) is 4.79 Å². The smallest absolute Gasteiger partial charge is 0.407 e. The normalized spacial score (nSPS) is 10.8. The fourth-order valence-electron chi connectivity index (χ4n) is 0.995. The van der Waals surface area contributed by atoms with Crippen molar-refractivity contribution in [2.75, 3.05) is 18.4 Å². The van der Waals surface area contributed by atoms with Crippen molar-refractivity contribution in [3.8, 4) is 0 Å². The van der Waals surface area contributed by atoms with E-state index in [1.165, 1.54) is 0 Å². The second-order valence-electron chi connectivity index (χ2n) is 4.57. The van der Waals surface area contributed by atoms with Gasteiger partial charge in [-0.05, 0) is 27.2 Å². The first kappa shape index (κ1) is 16.2. The van der Waals surface area contributed by atoms with Gasteiger partial charge in [-0.15, -0.1) is 0 Å². The lowest BCUT2D eigenvalue weighted by atomic mass is 10.2. The highest BCUT2D eigenvalue weighted by Gasteiger charge is 2.15. The van der Waals surface area contributed by atoms with Crippen molar-refractivity contribution < 1.29 is 14.3 Å². The van der Waals surface area contributed by atoms with Gasteiger partial charge < -0.3 is 15.4 Å². The first-order valence-electron chi connectivity index (χ1n) is 5.64. The Morgan fingerprint density at radius 3 is 2.29 bits per heavy atom. The summed E-state index contributed by atoms with van der Waals surface area (Å²) in [5.74, 6) is 0.0131. The first-order chi connectivity index (χ1) is 7.85. The molecule has 0 radical (unpaired) electrons. The zero-order valence-corrected chi connectivity index (χ0v) is 12.2. The summed E-state index contributed by atoms with van der Waals surface area (Å²) in [5, 5.41) is 6.03. The molecule has 0 spiro atoms. The molecule has 0 aliphatic heterocycles. The van der Waals surface area contributed by atoms with Crippen LogP contribution in [-0.2, 0) is 9.53 Å². The molecule has 0 saturated carbocycles. The summed E-state index contributed by atoms with van der Waals surface area (Å²) in [7, 11) is 0. The van der Waals surface area contributed by atoms with Gasteiger partial charge in [0, 0.05) is 24.8 Å². The number of carbonyl (C=O) groups excluding carboxylic acids is 2. The third kappa shape index (κ3) is 11.5. The Hall–Kier alpha value is -0.780. The van der Waals surface area contributed by atoms with Crippen molar-refractivity contribution in [1.82, 2.24) is 10.6 Å². The maximum absolute atomic E-state index is 11.2. The van der Waals surface area contributed by atoms with Gasteiger partial charge in [0.15, 0.2) is 0 Å². The summed E-state index contributed by atoms with van der Waals surface area (Å²) >= 11 is 3.19. The predicted octanol–water partition coefficient (Wildman–Crippen LogP) is 1.80. The average molecular weight is 309 g/mol. The zero-order valence-electron chi connectivity index (χ0n) is 10.6. The fraction of sp³-hybridized carbons (Fsp3) is 0.818. The summed E-state index contributed by atoms with van der Waals surface area (Å²) < 4.78 is 5.06. The van der Waals surface area contributed by atoms with E-state index < -0.39 is 11.7 Å². The quantitative estimate of drug-likeness (QED) is 0.581. The molecular formula is C11H21BrN2O3. The molecule has 0 atom stereocenters. The summed E-state index contributed by atoms with van der Waals surface area (Å²) in [6.07, 6.45) is 0.733. The molecule has 0 aliphatic rings. The fourth-order valence-corrected chi connectivity index (χ4v) is 1.36. The predicted molar refractivity (Wildman–Crippen MR) is 70.3 cm³/mol. The molecule has 2 amide bonds. The van der Waals surface area contributed by atoms with Crippen molar-refractivity contribution >= 4 is 27.9 Å². The van der Waals surface area contributed by atoms with Crippen LogP contribution in [0.1, 0.15) is 33.6 Å². The van der Waals surface area contributed by atoms with E-state index in [0.717, 1.165) is 0 Å². The minimum atomic E-state index is -0.478. The van der Waals surface area contributed by atoms with Gasteiger partial charge in [-0.1, -0.05) is 15.9 Å². The van der Waals surface area contributed by atoms with Crippen molar-refractivity contribution in [2.45, 2.75) is 39.2 Å². The molecule has 2 N–H and O–H groups in total. The lowest BCUT2D eigenvalue weighted by Gasteiger charge is -2.19. The van der Waals surface area contributed by atoms with Gasteiger partial charge in [0.05, 0.1) is 0 Å². The molecule has 0 aromatic heterocycles. The van der Waals surface area contributed by atoms with Crippen LogP contribution in [0.15, 0.2) is 0 Å². The molecule has 0 heterocycles. The highest BCUT2D eigenvalue weighted by Crippen LogP contribution is 2.06. The number of hydrogen-bond donors (Lipinski definition) is 2. The number of hydrogen-bond acceptors (Lipinski definition) is 3. The zero-order chi connectivity index (χ0) is 13.3. The highest BCUT2D eigenvalue weighted by atomic mass is 79.9. The number of alkyl carbamates (subject to hydrolysis) is 1. The van der Waals surface area contributed by atoms with Crippen LogP contribution in [0.3, 0.4) is 0 Å². The van der Waals surface area contributed by atoms with E-state index >= 15 is 0 Å². The molecule has 0 aromatic carbocycles. The first-order valence-corrected chi connectivity index (χ1v) is 6.77. The lowest BCUT2D eigenvalue weighted by Crippen LogP contribution is -2.34. The van der Waals surface area contributed by atoms with Gasteiger partial charge in [0.2, 0.25) is 5.91 Å². The van der Waals surface area contributed by atoms with Crippen LogP contribution in [0.4, 0.5) is 4.79 Å². The maximum Gasteiger partial charge on any atom is 0.407 e. The summed E-state index contributed by atoms with van der Waals surface area (Å²) in [6.45, 7) is 6.48. The van der Waals surface area contributed by atoms with Crippen molar-refractivity contribution in [1.29, 1.82) is 0 Å². The van der Waals surface area contributed by atoms with E-state index in [4.69, 9.17) is 4.74 Å². The summed E-state index contributed by atoms with van der Waals surface area (Å²) in [6, 6.07) is 0. The van der Waals surface area contributed by atoms with E-state index in [-0.39, 0.29) is 5.91 Å². The van der Waals surface area contributed by atoms with E-state index in [1.54, 1.807) is 0 Å². The Bertz CT molecular complexity index is 252. The summed E-state index contributed by atoms with van der Waals surface area (Å²) in [5.41, 5.74) is -0.478. The van der Waals surface area contributed by atoms with Crippen LogP contribution in [0, 0.1) is 0 Å². The molecule has 6 heteroatoms. The van der Waals surface area contributed by atoms with E-state index in [1.807, 2.05) is 20.8 Å². The second kappa shape index (κ2) is 8.33. The SMILES string of the molecule is CC(C)(C)OC(=O)NCCCNC(=O)CCBr. The molecule has 0 aliphatic carbocycles. The molecule has 0 aromatic rings. The molecule has 0 rings (SSSR count). The summed E-state index contributed by atoms with van der Waals surface area (Å²) in [4.78, 5) is 22.3. The van der Waals surface area contributed by atoms with Crippen LogP contribution in [0.5, 0.6) is 0 Å². The van der Waals surface area contributed by atoms with E-state index in [0.29, 0.717) is 31.3 Å². The van der Waals surface area contributed by atoms with Gasteiger partial charge in [0.1, 0.15) is 5.60 Å². The maximum atomic E-state index is 11.2. The van der Waals surface area contributed by atoms with Crippen molar-refractivity contribution in [2.24, 2.45) is 0 Å². The van der Waals surface area contributed by atoms with Crippen LogP contribution in [0.25, 0.3) is 0 Å². The minimum Gasteiger partial charge on any atom is -0.444 e. The number of halogens is 1. The number of carbonyl (C=O) groups is 2. The van der Waals surface area contributed by atoms with Crippen molar-refractivity contribution in [3.63, 3.8) is 0 Å². The van der Waals surface area contributed by atoms with Crippen LogP contribution >= 0.6 is 15.9 Å². The highest BCUT2D eigenvalue weighted by molar-refractivity contribution is 9.09. The number of nitrogens with one attached hydrogen (secondary N) is 2. The van der Waals surface area contributed by atoms with Crippen LogP contribution in [0.2, 0.25) is 0 Å². The number of alkyl halides is 1. The Labute approximate surface area is 111 Å². The molecule has 0 unspecified atom stereocenters. The molecular weight excluding hydrogens is 288 g/mol. The van der Waals surface area contributed by atoms with Crippen LogP contribution < -0.4 is 10.6 Å². The van der Waals surface area contributed by atoms with Crippen molar-refractivity contribution in [3.05, 3.63) is 0 Å². The third-order valence-corrected chi connectivity index (χ3v) is 2.06. The Balaban J connectivity index is 3.46. The van der Waals surface area contributed by atoms with Gasteiger partial charge in [-0.2, -0.15) is 0 Å². The van der Waals surface area contributed by atoms with Gasteiger partial charge in [-0.25, -0.2) is 4.79 Å². The standard InChI is InChI=1S/C11H21BrN2O3/c1-11(2,3)17-10(16)14-8-4-7-13-9(15)5-6-12/h4-8H2,1-3H3,(H,13,15)(H,14,16). The van der Waals surface area contributed by atoms with Gasteiger partial charge >= 0.3 is 6.09 Å². The Kier molecular flexibility index (Phi) is 7.95. The third-order valence-electron chi connectivity index (χ3n) is 1.67. The minimum absolute atomic E-state index is 0.0131. The molecule has 0 bridgehead atoms. The topological polar surface area (TPSA) is 67.4 Å². The molecule has 5 nitrogen and oxygen atoms in total.